The summed E-state index contributed by atoms with van der Waals surface area (Å²) in [5.41, 5.74) is 1.59. The Morgan fingerprint density at radius 3 is 2.82 bits per heavy atom. The van der Waals surface area contributed by atoms with E-state index in [2.05, 4.69) is 41.2 Å². The lowest BCUT2D eigenvalue weighted by Gasteiger charge is -2.11. The van der Waals surface area contributed by atoms with E-state index in [4.69, 9.17) is 0 Å². The van der Waals surface area contributed by atoms with Crippen molar-refractivity contribution < 1.29 is 4.79 Å². The monoisotopic (exact) mass is 359 g/mol. The second-order valence-corrected chi connectivity index (χ2v) is 6.39. The zero-order valence-electron chi connectivity index (χ0n) is 12.6. The van der Waals surface area contributed by atoms with E-state index in [1.54, 1.807) is 16.8 Å². The summed E-state index contributed by atoms with van der Waals surface area (Å²) in [7, 11) is 0. The van der Waals surface area contributed by atoms with Crippen molar-refractivity contribution in [2.24, 2.45) is 5.92 Å². The van der Waals surface area contributed by atoms with Crippen LogP contribution in [0.2, 0.25) is 0 Å². The van der Waals surface area contributed by atoms with E-state index in [0.29, 0.717) is 23.7 Å². The Kier molecular flexibility index (Phi) is 5.40. The van der Waals surface area contributed by atoms with Gasteiger partial charge in [-0.05, 0) is 36.6 Å². The largest absolute Gasteiger partial charge is 0.351 e. The van der Waals surface area contributed by atoms with Crippen LogP contribution in [0.15, 0.2) is 41.0 Å². The van der Waals surface area contributed by atoms with Crippen molar-refractivity contribution in [1.82, 2.24) is 9.88 Å². The lowest BCUT2D eigenvalue weighted by Crippen LogP contribution is -2.28. The smallest absolute Gasteiger partial charge is 0.269 e. The molecule has 0 bridgehead atoms. The van der Waals surface area contributed by atoms with Gasteiger partial charge in [0.15, 0.2) is 0 Å². The molecule has 4 nitrogen and oxygen atoms in total. The molecule has 0 aliphatic rings. The van der Waals surface area contributed by atoms with E-state index in [0.717, 1.165) is 16.6 Å². The number of hydrogen-bond donors (Lipinski definition) is 1. The van der Waals surface area contributed by atoms with Crippen molar-refractivity contribution >= 4 is 21.8 Å². The normalized spacial score (nSPS) is 10.5. The van der Waals surface area contributed by atoms with Crippen molar-refractivity contribution in [3.05, 3.63) is 52.3 Å². The molecule has 2 rings (SSSR count). The van der Waals surface area contributed by atoms with Gasteiger partial charge >= 0.3 is 0 Å². The Morgan fingerprint density at radius 1 is 1.41 bits per heavy atom. The van der Waals surface area contributed by atoms with Gasteiger partial charge in [-0.1, -0.05) is 35.8 Å². The average Bonchev–Trinajstić information content (AvgIpc) is 2.90. The lowest BCUT2D eigenvalue weighted by atomic mass is 10.1. The first-order valence-corrected chi connectivity index (χ1v) is 7.98. The van der Waals surface area contributed by atoms with Crippen LogP contribution >= 0.6 is 15.9 Å². The molecule has 0 unspecified atom stereocenters. The fourth-order valence-electron chi connectivity index (χ4n) is 2.15. The topological polar surface area (TPSA) is 57.8 Å². The number of aromatic nitrogens is 1. The van der Waals surface area contributed by atoms with E-state index < -0.39 is 0 Å². The Balaban J connectivity index is 2.32. The number of amides is 1. The Hall–Kier alpha value is -2.06. The van der Waals surface area contributed by atoms with E-state index in [1.807, 2.05) is 24.3 Å². The molecule has 0 saturated heterocycles. The highest BCUT2D eigenvalue weighted by Gasteiger charge is 2.18. The first-order valence-electron chi connectivity index (χ1n) is 7.18. The molecule has 1 amide bonds. The number of nitriles is 1. The van der Waals surface area contributed by atoms with E-state index in [1.165, 1.54) is 0 Å². The molecule has 0 atom stereocenters. The van der Waals surface area contributed by atoms with Gasteiger partial charge in [0.25, 0.3) is 5.91 Å². The second-order valence-electron chi connectivity index (χ2n) is 5.48. The van der Waals surface area contributed by atoms with Crippen LogP contribution in [0.1, 0.15) is 36.3 Å². The van der Waals surface area contributed by atoms with Crippen LogP contribution in [-0.2, 0) is 0 Å². The molecule has 1 aromatic heterocycles. The van der Waals surface area contributed by atoms with E-state index in [-0.39, 0.29) is 5.91 Å². The predicted octanol–water partition coefficient (Wildman–Crippen LogP) is 3.89. The maximum absolute atomic E-state index is 12.5. The number of carbonyl (C=O) groups is 1. The summed E-state index contributed by atoms with van der Waals surface area (Å²) in [5, 5.41) is 12.1. The number of hydrogen-bond acceptors (Lipinski definition) is 2. The van der Waals surface area contributed by atoms with Gasteiger partial charge in [0.05, 0.1) is 5.56 Å². The van der Waals surface area contributed by atoms with Gasteiger partial charge in [0.2, 0.25) is 0 Å². The number of benzene rings is 1. The minimum Gasteiger partial charge on any atom is -0.351 e. The molecule has 0 spiro atoms. The molecule has 1 N–H and O–H groups in total. The van der Waals surface area contributed by atoms with Crippen molar-refractivity contribution in [3.63, 3.8) is 0 Å². The van der Waals surface area contributed by atoms with Crippen molar-refractivity contribution in [1.29, 1.82) is 5.26 Å². The molecular weight excluding hydrogens is 342 g/mol. The molecule has 2 aromatic rings. The molecule has 22 heavy (non-hydrogen) atoms. The highest BCUT2D eigenvalue weighted by molar-refractivity contribution is 9.10. The minimum absolute atomic E-state index is 0.220. The van der Waals surface area contributed by atoms with Crippen LogP contribution in [0, 0.1) is 17.2 Å². The summed E-state index contributed by atoms with van der Waals surface area (Å²) in [6.45, 7) is 4.82. The van der Waals surface area contributed by atoms with Crippen LogP contribution in [-0.4, -0.2) is 17.0 Å². The van der Waals surface area contributed by atoms with Crippen LogP contribution in [0.3, 0.4) is 0 Å². The maximum Gasteiger partial charge on any atom is 0.269 e. The van der Waals surface area contributed by atoms with Gasteiger partial charge in [-0.3, -0.25) is 4.79 Å². The Bertz CT molecular complexity index is 713. The van der Waals surface area contributed by atoms with Crippen LogP contribution in [0.4, 0.5) is 0 Å². The maximum atomic E-state index is 12.5. The van der Waals surface area contributed by atoms with Crippen molar-refractivity contribution in [2.45, 2.75) is 20.3 Å². The molecule has 5 heteroatoms. The number of rotatable bonds is 5. The van der Waals surface area contributed by atoms with Gasteiger partial charge in [0.1, 0.15) is 11.8 Å². The van der Waals surface area contributed by atoms with Gasteiger partial charge < -0.3 is 9.88 Å². The second kappa shape index (κ2) is 7.28. The molecule has 0 radical (unpaired) electrons. The summed E-state index contributed by atoms with van der Waals surface area (Å²) in [4.78, 5) is 12.5. The van der Waals surface area contributed by atoms with Crippen molar-refractivity contribution in [3.8, 4) is 11.8 Å². The fraction of sp³-hybridized carbons (Fsp3) is 0.294. The molecule has 1 heterocycles. The molecule has 0 aliphatic heterocycles. The third-order valence-electron chi connectivity index (χ3n) is 3.32. The van der Waals surface area contributed by atoms with Gasteiger partial charge in [-0.25, -0.2) is 0 Å². The summed E-state index contributed by atoms with van der Waals surface area (Å²) in [6, 6.07) is 11.4. The molecule has 114 valence electrons. The summed E-state index contributed by atoms with van der Waals surface area (Å²) in [5.74, 6) is 0.301. The van der Waals surface area contributed by atoms with Crippen LogP contribution < -0.4 is 5.32 Å². The highest BCUT2D eigenvalue weighted by atomic mass is 79.9. The number of carbonyl (C=O) groups excluding carboxylic acids is 1. The van der Waals surface area contributed by atoms with Crippen LogP contribution in [0.5, 0.6) is 0 Å². The number of nitrogens with one attached hydrogen (secondary N) is 1. The molecule has 0 fully saturated rings. The molecule has 1 aromatic carbocycles. The SMILES string of the molecule is CC(C)CCNC(=O)c1c(C#N)ccn1-c1cccc(Br)c1. The van der Waals surface area contributed by atoms with Crippen molar-refractivity contribution in [2.75, 3.05) is 6.54 Å². The predicted molar refractivity (Wildman–Crippen MR) is 90.0 cm³/mol. The third-order valence-corrected chi connectivity index (χ3v) is 3.81. The first-order chi connectivity index (χ1) is 10.5. The molecule has 0 saturated carbocycles. The zero-order chi connectivity index (χ0) is 16.1. The standard InChI is InChI=1S/C17H18BrN3O/c1-12(2)6-8-20-17(22)16-13(11-19)7-9-21(16)15-5-3-4-14(18)10-15/h3-5,7,9-10,12H,6,8H2,1-2H3,(H,20,22). The average molecular weight is 360 g/mol. The fourth-order valence-corrected chi connectivity index (χ4v) is 2.54. The third kappa shape index (κ3) is 3.77. The lowest BCUT2D eigenvalue weighted by molar-refractivity contribution is 0.0945. The summed E-state index contributed by atoms with van der Waals surface area (Å²) < 4.78 is 2.66. The van der Waals surface area contributed by atoms with E-state index in [9.17, 15) is 10.1 Å². The van der Waals surface area contributed by atoms with Gasteiger partial charge in [0, 0.05) is 22.9 Å². The van der Waals surface area contributed by atoms with Gasteiger partial charge in [-0.15, -0.1) is 0 Å². The van der Waals surface area contributed by atoms with Gasteiger partial charge in [-0.2, -0.15) is 5.26 Å². The Labute approximate surface area is 138 Å². The van der Waals surface area contributed by atoms with Crippen LogP contribution in [0.25, 0.3) is 5.69 Å². The summed E-state index contributed by atoms with van der Waals surface area (Å²) >= 11 is 3.42. The Morgan fingerprint density at radius 2 is 2.18 bits per heavy atom. The number of halogens is 1. The summed E-state index contributed by atoms with van der Waals surface area (Å²) in [6.07, 6.45) is 2.66. The highest BCUT2D eigenvalue weighted by Crippen LogP contribution is 2.20. The zero-order valence-corrected chi connectivity index (χ0v) is 14.2. The van der Waals surface area contributed by atoms with E-state index >= 15 is 0 Å². The quantitative estimate of drug-likeness (QED) is 0.880. The molecular formula is C17H18BrN3O. The molecule has 0 aliphatic carbocycles. The minimum atomic E-state index is -0.220. The number of nitrogens with zero attached hydrogens (tertiary/aromatic N) is 2. The first kappa shape index (κ1) is 16.3.